The van der Waals surface area contributed by atoms with Gasteiger partial charge in [0.1, 0.15) is 4.83 Å². The van der Waals surface area contributed by atoms with Crippen molar-refractivity contribution in [3.63, 3.8) is 0 Å². The Kier molecular flexibility index (Phi) is 4.43. The number of pyridine rings is 1. The lowest BCUT2D eigenvalue weighted by Crippen LogP contribution is -2.12. The van der Waals surface area contributed by atoms with Crippen LogP contribution in [-0.4, -0.2) is 30.0 Å². The number of nitrogen functional groups attached to an aromatic ring is 1. The first kappa shape index (κ1) is 18.8. The summed E-state index contributed by atoms with van der Waals surface area (Å²) < 4.78 is 3.07. The quantitative estimate of drug-likeness (QED) is 0.392. The number of aromatic nitrogens is 5. The number of nitrogens with zero attached hydrogens (tertiary/aromatic N) is 5. The molecule has 8 heteroatoms. The molecule has 0 atom stereocenters. The molecule has 1 aliphatic rings. The van der Waals surface area contributed by atoms with Crippen LogP contribution in [-0.2, 0) is 7.05 Å². The molecule has 154 valence electrons. The summed E-state index contributed by atoms with van der Waals surface area (Å²) >= 11 is 3.61. The van der Waals surface area contributed by atoms with Crippen LogP contribution in [0.5, 0.6) is 0 Å². The average Bonchev–Trinajstić information content (AvgIpc) is 3.32. The molecule has 4 aromatic heterocycles. The highest BCUT2D eigenvalue weighted by Gasteiger charge is 2.24. The summed E-state index contributed by atoms with van der Waals surface area (Å²) in [6.45, 7) is 0. The molecule has 0 spiro atoms. The predicted molar refractivity (Wildman–Crippen MR) is 128 cm³/mol. The minimum Gasteiger partial charge on any atom is -0.397 e. The number of hydrogen-bond donors (Lipinski definition) is 1. The molecule has 1 fully saturated rings. The molecule has 6 rings (SSSR count). The first-order chi connectivity index (χ1) is 15.2. The third-order valence-corrected chi connectivity index (χ3v) is 8.52. The minimum absolute atomic E-state index is 0.675. The number of thiophene rings is 1. The van der Waals surface area contributed by atoms with Crippen LogP contribution in [0.4, 0.5) is 5.69 Å². The number of hydrogen-bond acceptors (Lipinski definition) is 7. The Labute approximate surface area is 187 Å². The SMILES string of the molecule is Cn1nccc1-c1cc(-c2ccc3nccnc3c2)nc2sc(SC3CCC3)c(N)c12. The summed E-state index contributed by atoms with van der Waals surface area (Å²) in [5, 5.41) is 6.09. The highest BCUT2D eigenvalue weighted by atomic mass is 32.2. The fraction of sp³-hybridized carbons (Fsp3) is 0.217. The van der Waals surface area contributed by atoms with E-state index in [4.69, 9.17) is 10.7 Å². The summed E-state index contributed by atoms with van der Waals surface area (Å²) in [6, 6.07) is 10.2. The molecule has 6 nitrogen and oxygen atoms in total. The van der Waals surface area contributed by atoms with E-state index in [-0.39, 0.29) is 0 Å². The fourth-order valence-electron chi connectivity index (χ4n) is 3.94. The summed E-state index contributed by atoms with van der Waals surface area (Å²) in [5.41, 5.74) is 13.3. The van der Waals surface area contributed by atoms with Gasteiger partial charge in [-0.15, -0.1) is 23.1 Å². The van der Waals surface area contributed by atoms with Gasteiger partial charge in [-0.05, 0) is 37.1 Å². The van der Waals surface area contributed by atoms with E-state index >= 15 is 0 Å². The van der Waals surface area contributed by atoms with E-state index in [0.29, 0.717) is 5.25 Å². The van der Waals surface area contributed by atoms with Crippen LogP contribution in [0.1, 0.15) is 19.3 Å². The van der Waals surface area contributed by atoms with E-state index in [2.05, 4.69) is 27.2 Å². The highest BCUT2D eigenvalue weighted by molar-refractivity contribution is 8.02. The number of nitrogens with two attached hydrogens (primary N) is 1. The van der Waals surface area contributed by atoms with Gasteiger partial charge in [0.25, 0.3) is 0 Å². The van der Waals surface area contributed by atoms with E-state index in [1.807, 2.05) is 47.9 Å². The van der Waals surface area contributed by atoms with E-state index in [1.165, 1.54) is 23.5 Å². The zero-order chi connectivity index (χ0) is 20.9. The highest BCUT2D eigenvalue weighted by Crippen LogP contribution is 2.48. The maximum atomic E-state index is 6.69. The van der Waals surface area contributed by atoms with Gasteiger partial charge in [0.15, 0.2) is 0 Å². The van der Waals surface area contributed by atoms with Crippen LogP contribution in [0.25, 0.3) is 43.8 Å². The van der Waals surface area contributed by atoms with Crippen molar-refractivity contribution in [2.75, 3.05) is 5.73 Å². The Morgan fingerprint density at radius 2 is 1.90 bits per heavy atom. The molecular weight excluding hydrogens is 424 g/mol. The van der Waals surface area contributed by atoms with Gasteiger partial charge in [-0.3, -0.25) is 14.6 Å². The molecule has 0 amide bonds. The molecule has 5 aromatic rings. The Morgan fingerprint density at radius 1 is 1.06 bits per heavy atom. The molecule has 4 heterocycles. The topological polar surface area (TPSA) is 82.5 Å². The number of benzene rings is 1. The molecular formula is C23H20N6S2. The summed E-state index contributed by atoms with van der Waals surface area (Å²) in [6.07, 6.45) is 9.10. The molecule has 0 radical (unpaired) electrons. The van der Waals surface area contributed by atoms with Gasteiger partial charge in [-0.25, -0.2) is 4.98 Å². The van der Waals surface area contributed by atoms with Gasteiger partial charge in [-0.1, -0.05) is 12.5 Å². The molecule has 1 aliphatic carbocycles. The van der Waals surface area contributed by atoms with Crippen LogP contribution in [0.15, 0.2) is 53.1 Å². The smallest absolute Gasteiger partial charge is 0.127 e. The van der Waals surface area contributed by atoms with E-state index in [1.54, 1.807) is 23.7 Å². The van der Waals surface area contributed by atoms with E-state index in [9.17, 15) is 0 Å². The van der Waals surface area contributed by atoms with Gasteiger partial charge in [-0.2, -0.15) is 5.10 Å². The van der Waals surface area contributed by atoms with Crippen LogP contribution in [0.3, 0.4) is 0 Å². The lowest BCUT2D eigenvalue weighted by Gasteiger charge is -2.23. The van der Waals surface area contributed by atoms with Crippen molar-refractivity contribution in [1.82, 2.24) is 24.7 Å². The molecule has 0 aliphatic heterocycles. The van der Waals surface area contributed by atoms with Crippen molar-refractivity contribution in [2.45, 2.75) is 28.7 Å². The lowest BCUT2D eigenvalue weighted by molar-refractivity contribution is 0.522. The maximum absolute atomic E-state index is 6.69. The summed E-state index contributed by atoms with van der Waals surface area (Å²) in [4.78, 5) is 14.8. The molecule has 0 saturated heterocycles. The van der Waals surface area contributed by atoms with Crippen molar-refractivity contribution in [2.24, 2.45) is 7.05 Å². The van der Waals surface area contributed by atoms with Crippen molar-refractivity contribution < 1.29 is 0 Å². The summed E-state index contributed by atoms with van der Waals surface area (Å²) in [5.74, 6) is 0. The number of thioether (sulfide) groups is 1. The third-order valence-electron chi connectivity index (χ3n) is 5.85. The Balaban J connectivity index is 1.57. The van der Waals surface area contributed by atoms with E-state index < -0.39 is 0 Å². The molecule has 2 N–H and O–H groups in total. The number of fused-ring (bicyclic) bond motifs is 2. The monoisotopic (exact) mass is 444 g/mol. The van der Waals surface area contributed by atoms with Crippen LogP contribution in [0.2, 0.25) is 0 Å². The maximum Gasteiger partial charge on any atom is 0.127 e. The zero-order valence-electron chi connectivity index (χ0n) is 16.9. The number of anilines is 1. The standard InChI is InChI=1S/C23H20N6S2/c1-29-19(7-8-27-29)15-12-17(13-5-6-16-18(11-13)26-10-9-25-16)28-22-20(15)21(24)23(31-22)30-14-3-2-4-14/h5-12,14H,2-4,24H2,1H3. The Hall–Kier alpha value is -2.97. The second-order valence-electron chi connectivity index (χ2n) is 7.81. The van der Waals surface area contributed by atoms with Gasteiger partial charge >= 0.3 is 0 Å². The van der Waals surface area contributed by atoms with Gasteiger partial charge in [0.2, 0.25) is 0 Å². The van der Waals surface area contributed by atoms with Crippen molar-refractivity contribution in [3.8, 4) is 22.5 Å². The molecule has 1 aromatic carbocycles. The molecule has 0 unspecified atom stereocenters. The first-order valence-corrected chi connectivity index (χ1v) is 12.0. The third kappa shape index (κ3) is 3.18. The van der Waals surface area contributed by atoms with Crippen molar-refractivity contribution >= 4 is 50.0 Å². The second-order valence-corrected chi connectivity index (χ2v) is 10.4. The van der Waals surface area contributed by atoms with Crippen LogP contribution in [0, 0.1) is 0 Å². The second kappa shape index (κ2) is 7.32. The lowest BCUT2D eigenvalue weighted by atomic mass is 10.0. The minimum atomic E-state index is 0.675. The largest absolute Gasteiger partial charge is 0.397 e. The van der Waals surface area contributed by atoms with Gasteiger partial charge in [0, 0.05) is 47.4 Å². The Bertz CT molecular complexity index is 1430. The predicted octanol–water partition coefficient (Wildman–Crippen LogP) is 5.53. The van der Waals surface area contributed by atoms with Crippen molar-refractivity contribution in [3.05, 3.63) is 48.9 Å². The normalized spacial score (nSPS) is 14.4. The van der Waals surface area contributed by atoms with Crippen LogP contribution >= 0.6 is 23.1 Å². The number of aryl methyl sites for hydroxylation is 1. The van der Waals surface area contributed by atoms with Gasteiger partial charge in [0.05, 0.1) is 32.3 Å². The van der Waals surface area contributed by atoms with E-state index in [0.717, 1.165) is 49.5 Å². The zero-order valence-corrected chi connectivity index (χ0v) is 18.6. The summed E-state index contributed by atoms with van der Waals surface area (Å²) in [7, 11) is 1.96. The fourth-order valence-corrected chi connectivity index (χ4v) is 6.73. The molecule has 0 bridgehead atoms. The molecule has 1 saturated carbocycles. The Morgan fingerprint density at radius 3 is 2.65 bits per heavy atom. The van der Waals surface area contributed by atoms with Crippen molar-refractivity contribution in [1.29, 1.82) is 0 Å². The van der Waals surface area contributed by atoms with Crippen LogP contribution < -0.4 is 5.73 Å². The van der Waals surface area contributed by atoms with Gasteiger partial charge < -0.3 is 5.73 Å². The number of rotatable bonds is 4. The molecule has 31 heavy (non-hydrogen) atoms. The first-order valence-electron chi connectivity index (χ1n) is 10.3. The average molecular weight is 445 g/mol.